The van der Waals surface area contributed by atoms with E-state index in [4.69, 9.17) is 10.3 Å². The van der Waals surface area contributed by atoms with Crippen molar-refractivity contribution >= 4 is 21.7 Å². The van der Waals surface area contributed by atoms with Crippen molar-refractivity contribution in [3.63, 3.8) is 0 Å². The molecule has 1 aromatic heterocycles. The molecule has 84 valence electrons. The predicted octanol–water partition coefficient (Wildman–Crippen LogP) is 3.56. The number of halogens is 1. The van der Waals surface area contributed by atoms with Gasteiger partial charge in [-0.25, -0.2) is 0 Å². The van der Waals surface area contributed by atoms with Crippen molar-refractivity contribution in [2.75, 3.05) is 5.73 Å². The Balaban J connectivity index is 2.58. The van der Waals surface area contributed by atoms with E-state index >= 15 is 0 Å². The topological polar surface area (TPSA) is 52.0 Å². The third-order valence-corrected chi connectivity index (χ3v) is 3.10. The van der Waals surface area contributed by atoms with Crippen molar-refractivity contribution in [3.05, 3.63) is 33.8 Å². The number of nitrogen functional groups attached to an aromatic ring is 1. The summed E-state index contributed by atoms with van der Waals surface area (Å²) in [6.07, 6.45) is 0.820. The minimum atomic E-state index is 0.486. The maximum Gasteiger partial charge on any atom is 0.172 e. The highest BCUT2D eigenvalue weighted by Crippen LogP contribution is 2.31. The Morgan fingerprint density at radius 1 is 1.44 bits per heavy atom. The highest BCUT2D eigenvalue weighted by molar-refractivity contribution is 9.10. The zero-order chi connectivity index (χ0) is 11.7. The lowest BCUT2D eigenvalue weighted by atomic mass is 10.0. The lowest BCUT2D eigenvalue weighted by Crippen LogP contribution is -1.91. The summed E-state index contributed by atoms with van der Waals surface area (Å²) in [5.74, 6) is 1.27. The van der Waals surface area contributed by atoms with Gasteiger partial charge in [0.25, 0.3) is 0 Å². The Morgan fingerprint density at radius 3 is 2.81 bits per heavy atom. The van der Waals surface area contributed by atoms with Crippen LogP contribution in [-0.2, 0) is 6.42 Å². The molecule has 0 fully saturated rings. The number of rotatable bonds is 2. The smallest absolute Gasteiger partial charge is 0.172 e. The average molecular weight is 281 g/mol. The largest absolute Gasteiger partial charge is 0.381 e. The molecule has 1 heterocycles. The van der Waals surface area contributed by atoms with Crippen molar-refractivity contribution in [2.24, 2.45) is 0 Å². The quantitative estimate of drug-likeness (QED) is 0.915. The molecule has 0 amide bonds. The molecular formula is C12H13BrN2O. The van der Waals surface area contributed by atoms with Gasteiger partial charge in [0.1, 0.15) is 0 Å². The summed E-state index contributed by atoms with van der Waals surface area (Å²) in [4.78, 5) is 0. The summed E-state index contributed by atoms with van der Waals surface area (Å²) in [5.41, 5.74) is 8.92. The van der Waals surface area contributed by atoms with Gasteiger partial charge in [-0.15, -0.1) is 0 Å². The summed E-state index contributed by atoms with van der Waals surface area (Å²) in [6.45, 7) is 4.08. The zero-order valence-corrected chi connectivity index (χ0v) is 10.8. The van der Waals surface area contributed by atoms with Gasteiger partial charge in [-0.2, -0.15) is 0 Å². The van der Waals surface area contributed by atoms with E-state index in [1.165, 1.54) is 0 Å². The number of anilines is 1. The van der Waals surface area contributed by atoms with Crippen LogP contribution in [0.3, 0.4) is 0 Å². The van der Waals surface area contributed by atoms with Gasteiger partial charge in [0.15, 0.2) is 11.6 Å². The Bertz CT molecular complexity index is 520. The van der Waals surface area contributed by atoms with Crippen LogP contribution in [0, 0.1) is 6.92 Å². The van der Waals surface area contributed by atoms with Crippen molar-refractivity contribution in [3.8, 4) is 11.3 Å². The van der Waals surface area contributed by atoms with Crippen LogP contribution in [0.2, 0.25) is 0 Å². The average Bonchev–Trinajstić information content (AvgIpc) is 2.59. The maximum atomic E-state index is 5.76. The molecule has 0 spiro atoms. The van der Waals surface area contributed by atoms with Crippen LogP contribution in [-0.4, -0.2) is 5.16 Å². The van der Waals surface area contributed by atoms with Gasteiger partial charge in [-0.3, -0.25) is 0 Å². The first-order chi connectivity index (χ1) is 7.63. The first-order valence-corrected chi connectivity index (χ1v) is 5.93. The summed E-state index contributed by atoms with van der Waals surface area (Å²) in [7, 11) is 0. The Labute approximate surface area is 103 Å². The normalized spacial score (nSPS) is 10.7. The van der Waals surface area contributed by atoms with Crippen molar-refractivity contribution in [1.29, 1.82) is 0 Å². The van der Waals surface area contributed by atoms with E-state index < -0.39 is 0 Å². The van der Waals surface area contributed by atoms with E-state index in [0.29, 0.717) is 5.82 Å². The molecule has 0 bridgehead atoms. The number of hydrogen-bond acceptors (Lipinski definition) is 3. The Hall–Kier alpha value is -1.29. The standard InChI is InChI=1S/C12H13BrN2O/c1-3-9-11(16-15-12(9)14)10-5-4-8(13)6-7(10)2/h4-6H,3H2,1-2H3,(H2,14,15). The van der Waals surface area contributed by atoms with E-state index in [0.717, 1.165) is 33.3 Å². The monoisotopic (exact) mass is 280 g/mol. The molecular weight excluding hydrogens is 268 g/mol. The molecule has 16 heavy (non-hydrogen) atoms. The molecule has 0 aliphatic rings. The zero-order valence-electron chi connectivity index (χ0n) is 9.25. The van der Waals surface area contributed by atoms with Gasteiger partial charge >= 0.3 is 0 Å². The van der Waals surface area contributed by atoms with Crippen molar-refractivity contribution in [1.82, 2.24) is 5.16 Å². The Morgan fingerprint density at radius 2 is 2.19 bits per heavy atom. The summed E-state index contributed by atoms with van der Waals surface area (Å²) < 4.78 is 6.36. The molecule has 0 unspecified atom stereocenters. The van der Waals surface area contributed by atoms with Gasteiger partial charge in [0, 0.05) is 15.6 Å². The first kappa shape index (κ1) is 11.2. The second kappa shape index (κ2) is 4.29. The van der Waals surface area contributed by atoms with Gasteiger partial charge in [0.05, 0.1) is 0 Å². The van der Waals surface area contributed by atoms with Gasteiger partial charge in [-0.05, 0) is 37.1 Å². The van der Waals surface area contributed by atoms with E-state index in [1.54, 1.807) is 0 Å². The summed E-state index contributed by atoms with van der Waals surface area (Å²) in [5, 5.41) is 3.82. The molecule has 2 N–H and O–H groups in total. The van der Waals surface area contributed by atoms with Crippen LogP contribution in [0.5, 0.6) is 0 Å². The second-order valence-corrected chi connectivity index (χ2v) is 4.60. The van der Waals surface area contributed by atoms with Crippen molar-refractivity contribution in [2.45, 2.75) is 20.3 Å². The van der Waals surface area contributed by atoms with Crippen LogP contribution < -0.4 is 5.73 Å². The lowest BCUT2D eigenvalue weighted by molar-refractivity contribution is 0.435. The fourth-order valence-corrected chi connectivity index (χ4v) is 2.23. The molecule has 0 aliphatic carbocycles. The number of nitrogens with two attached hydrogens (primary N) is 1. The van der Waals surface area contributed by atoms with E-state index in [2.05, 4.69) is 21.1 Å². The maximum absolute atomic E-state index is 5.76. The third-order valence-electron chi connectivity index (χ3n) is 2.61. The highest BCUT2D eigenvalue weighted by atomic mass is 79.9. The molecule has 1 aromatic carbocycles. The molecule has 0 saturated heterocycles. The van der Waals surface area contributed by atoms with E-state index in [9.17, 15) is 0 Å². The fraction of sp³-hybridized carbons (Fsp3) is 0.250. The van der Waals surface area contributed by atoms with Crippen LogP contribution in [0.25, 0.3) is 11.3 Å². The first-order valence-electron chi connectivity index (χ1n) is 5.14. The molecule has 4 heteroatoms. The number of benzene rings is 1. The number of aryl methyl sites for hydroxylation is 1. The minimum Gasteiger partial charge on any atom is -0.381 e. The second-order valence-electron chi connectivity index (χ2n) is 3.69. The lowest BCUT2D eigenvalue weighted by Gasteiger charge is -2.04. The molecule has 3 nitrogen and oxygen atoms in total. The van der Waals surface area contributed by atoms with Crippen LogP contribution in [0.4, 0.5) is 5.82 Å². The van der Waals surface area contributed by atoms with Crippen LogP contribution >= 0.6 is 15.9 Å². The van der Waals surface area contributed by atoms with Crippen LogP contribution in [0.1, 0.15) is 18.1 Å². The highest BCUT2D eigenvalue weighted by Gasteiger charge is 2.15. The predicted molar refractivity (Wildman–Crippen MR) is 68.2 cm³/mol. The van der Waals surface area contributed by atoms with E-state index in [-0.39, 0.29) is 0 Å². The molecule has 0 aliphatic heterocycles. The molecule has 0 atom stereocenters. The summed E-state index contributed by atoms with van der Waals surface area (Å²) in [6, 6.07) is 6.05. The number of nitrogens with zero attached hydrogens (tertiary/aromatic N) is 1. The minimum absolute atomic E-state index is 0.486. The molecule has 2 aromatic rings. The Kier molecular flexibility index (Phi) is 3.01. The fourth-order valence-electron chi connectivity index (χ4n) is 1.76. The van der Waals surface area contributed by atoms with Gasteiger partial charge < -0.3 is 10.3 Å². The SMILES string of the molecule is CCc1c(N)noc1-c1ccc(Br)cc1C. The molecule has 2 rings (SSSR count). The summed E-state index contributed by atoms with van der Waals surface area (Å²) >= 11 is 3.44. The van der Waals surface area contributed by atoms with E-state index in [1.807, 2.05) is 32.0 Å². The number of hydrogen-bond donors (Lipinski definition) is 1. The van der Waals surface area contributed by atoms with Crippen LogP contribution in [0.15, 0.2) is 27.2 Å². The van der Waals surface area contributed by atoms with Gasteiger partial charge in [-0.1, -0.05) is 28.0 Å². The van der Waals surface area contributed by atoms with Crippen molar-refractivity contribution < 1.29 is 4.52 Å². The van der Waals surface area contributed by atoms with Gasteiger partial charge in [0.2, 0.25) is 0 Å². The number of aromatic nitrogens is 1. The molecule has 0 saturated carbocycles. The molecule has 0 radical (unpaired) electrons. The third kappa shape index (κ3) is 1.85.